The number of rotatable bonds is 4. The minimum absolute atomic E-state index is 0.126. The van der Waals surface area contributed by atoms with Gasteiger partial charge < -0.3 is 9.15 Å². The van der Waals surface area contributed by atoms with Crippen LogP contribution in [0.2, 0.25) is 0 Å². The van der Waals surface area contributed by atoms with Crippen LogP contribution < -0.4 is 0 Å². The zero-order valence-electron chi connectivity index (χ0n) is 13.0. The second-order valence-electron chi connectivity index (χ2n) is 6.25. The van der Waals surface area contributed by atoms with Crippen molar-refractivity contribution in [1.82, 2.24) is 0 Å². The molecule has 0 aromatic carbocycles. The molecule has 0 bridgehead atoms. The van der Waals surface area contributed by atoms with Crippen LogP contribution in [0, 0.1) is 17.3 Å². The van der Waals surface area contributed by atoms with Crippen molar-refractivity contribution in [2.24, 2.45) is 17.3 Å². The monoisotopic (exact) mass is 304 g/mol. The van der Waals surface area contributed by atoms with Gasteiger partial charge in [0.25, 0.3) is 0 Å². The number of allylic oxidation sites excluding steroid dienone is 1. The van der Waals surface area contributed by atoms with Crippen molar-refractivity contribution in [2.75, 3.05) is 7.11 Å². The van der Waals surface area contributed by atoms with E-state index in [0.717, 1.165) is 0 Å². The third-order valence-corrected chi connectivity index (χ3v) is 4.22. The summed E-state index contributed by atoms with van der Waals surface area (Å²) in [4.78, 5) is 36.4. The van der Waals surface area contributed by atoms with Crippen molar-refractivity contribution in [2.45, 2.75) is 26.7 Å². The molecule has 0 radical (unpaired) electrons. The Hall–Kier alpha value is -2.17. The highest BCUT2D eigenvalue weighted by molar-refractivity contribution is 6.09. The van der Waals surface area contributed by atoms with Gasteiger partial charge >= 0.3 is 5.97 Å². The standard InChI is InChI=1S/C17H20O5/c1-17(2)10-15(19)12(9-13(17)16(20)21-3)14(18)7-6-11-5-4-8-22-11/h4-8,12-13H,9-10H2,1-3H3/b7-6+. The van der Waals surface area contributed by atoms with Crippen molar-refractivity contribution in [3.63, 3.8) is 0 Å². The number of hydrogen-bond acceptors (Lipinski definition) is 5. The number of esters is 1. The van der Waals surface area contributed by atoms with Crippen LogP contribution in [0.15, 0.2) is 28.9 Å². The molecule has 0 spiro atoms. The van der Waals surface area contributed by atoms with Gasteiger partial charge in [0.1, 0.15) is 11.5 Å². The second kappa shape index (κ2) is 6.30. The second-order valence-corrected chi connectivity index (χ2v) is 6.25. The lowest BCUT2D eigenvalue weighted by atomic mass is 9.64. The van der Waals surface area contributed by atoms with Gasteiger partial charge in [0.15, 0.2) is 5.78 Å². The maximum absolute atomic E-state index is 12.3. The van der Waals surface area contributed by atoms with Gasteiger partial charge in [0.05, 0.1) is 25.2 Å². The summed E-state index contributed by atoms with van der Waals surface area (Å²) in [6, 6.07) is 3.43. The molecule has 5 heteroatoms. The van der Waals surface area contributed by atoms with Crippen molar-refractivity contribution >= 4 is 23.6 Å². The Labute approximate surface area is 129 Å². The van der Waals surface area contributed by atoms with Crippen LogP contribution in [0.5, 0.6) is 0 Å². The van der Waals surface area contributed by atoms with Gasteiger partial charge in [-0.05, 0) is 36.1 Å². The maximum Gasteiger partial charge on any atom is 0.309 e. The lowest BCUT2D eigenvalue weighted by molar-refractivity contribution is -0.155. The molecule has 1 aliphatic rings. The van der Waals surface area contributed by atoms with E-state index in [2.05, 4.69) is 0 Å². The largest absolute Gasteiger partial charge is 0.469 e. The normalized spacial score (nSPS) is 24.4. The molecule has 1 aliphatic carbocycles. The van der Waals surface area contributed by atoms with Crippen LogP contribution in [0.3, 0.4) is 0 Å². The Bertz CT molecular complexity index is 595. The van der Waals surface area contributed by atoms with Crippen LogP contribution in [0.25, 0.3) is 6.08 Å². The molecule has 22 heavy (non-hydrogen) atoms. The van der Waals surface area contributed by atoms with E-state index in [9.17, 15) is 14.4 Å². The molecule has 118 valence electrons. The van der Waals surface area contributed by atoms with Crippen molar-refractivity contribution in [3.8, 4) is 0 Å². The van der Waals surface area contributed by atoms with Gasteiger partial charge in [0.2, 0.25) is 0 Å². The van der Waals surface area contributed by atoms with E-state index in [-0.39, 0.29) is 30.4 Å². The zero-order valence-corrected chi connectivity index (χ0v) is 13.0. The molecule has 0 aliphatic heterocycles. The van der Waals surface area contributed by atoms with Gasteiger partial charge in [-0.1, -0.05) is 13.8 Å². The average molecular weight is 304 g/mol. The van der Waals surface area contributed by atoms with E-state index in [4.69, 9.17) is 9.15 Å². The van der Waals surface area contributed by atoms with Gasteiger partial charge in [-0.25, -0.2) is 0 Å². The van der Waals surface area contributed by atoms with E-state index in [1.54, 1.807) is 12.1 Å². The first-order chi connectivity index (χ1) is 10.3. The molecule has 1 heterocycles. The van der Waals surface area contributed by atoms with E-state index in [0.29, 0.717) is 5.76 Å². The lowest BCUT2D eigenvalue weighted by Gasteiger charge is -2.38. The summed E-state index contributed by atoms with van der Waals surface area (Å²) in [5.74, 6) is -1.50. The highest BCUT2D eigenvalue weighted by Gasteiger charge is 2.47. The highest BCUT2D eigenvalue weighted by Crippen LogP contribution is 2.42. The number of furan rings is 1. The van der Waals surface area contributed by atoms with Crippen LogP contribution in [0.4, 0.5) is 0 Å². The van der Waals surface area contributed by atoms with E-state index in [1.807, 2.05) is 13.8 Å². The Morgan fingerprint density at radius 2 is 2.14 bits per heavy atom. The van der Waals surface area contributed by atoms with Crippen molar-refractivity contribution < 1.29 is 23.5 Å². The van der Waals surface area contributed by atoms with Gasteiger partial charge in [-0.3, -0.25) is 14.4 Å². The fourth-order valence-corrected chi connectivity index (χ4v) is 2.88. The predicted octanol–water partition coefficient (Wildman–Crippen LogP) is 2.66. The molecular weight excluding hydrogens is 284 g/mol. The van der Waals surface area contributed by atoms with Gasteiger partial charge in [0, 0.05) is 6.42 Å². The Kier molecular flexibility index (Phi) is 4.64. The van der Waals surface area contributed by atoms with E-state index in [1.165, 1.54) is 25.5 Å². The van der Waals surface area contributed by atoms with Crippen molar-refractivity contribution in [3.05, 3.63) is 30.2 Å². The summed E-state index contributed by atoms with van der Waals surface area (Å²) in [5, 5.41) is 0. The summed E-state index contributed by atoms with van der Waals surface area (Å²) in [6.45, 7) is 3.71. The van der Waals surface area contributed by atoms with Gasteiger partial charge in [-0.2, -0.15) is 0 Å². The molecule has 1 saturated carbocycles. The molecular formula is C17H20O5. The molecule has 0 amide bonds. The zero-order chi connectivity index (χ0) is 16.3. The number of carbonyl (C=O) groups is 3. The summed E-state index contributed by atoms with van der Waals surface area (Å²) in [7, 11) is 1.32. The Morgan fingerprint density at radius 3 is 2.73 bits per heavy atom. The highest BCUT2D eigenvalue weighted by atomic mass is 16.5. The average Bonchev–Trinajstić information content (AvgIpc) is 2.96. The number of carbonyl (C=O) groups excluding carboxylic acids is 3. The van der Waals surface area contributed by atoms with Crippen molar-refractivity contribution in [1.29, 1.82) is 0 Å². The van der Waals surface area contributed by atoms with Crippen LogP contribution in [0.1, 0.15) is 32.4 Å². The lowest BCUT2D eigenvalue weighted by Crippen LogP contribution is -2.44. The fourth-order valence-electron chi connectivity index (χ4n) is 2.88. The molecule has 5 nitrogen and oxygen atoms in total. The molecule has 1 aromatic heterocycles. The third kappa shape index (κ3) is 3.35. The Balaban J connectivity index is 2.14. The summed E-state index contributed by atoms with van der Waals surface area (Å²) in [5.41, 5.74) is -0.494. The predicted molar refractivity (Wildman–Crippen MR) is 79.8 cm³/mol. The maximum atomic E-state index is 12.3. The molecule has 2 rings (SSSR count). The number of methoxy groups -OCH3 is 1. The number of Topliss-reactive ketones (excluding diaryl/α,β-unsaturated/α-hetero) is 1. The molecule has 0 saturated heterocycles. The Morgan fingerprint density at radius 1 is 1.41 bits per heavy atom. The first-order valence-corrected chi connectivity index (χ1v) is 7.21. The SMILES string of the molecule is COC(=O)C1CC(C(=O)/C=C/c2ccco2)C(=O)CC1(C)C. The third-order valence-electron chi connectivity index (χ3n) is 4.22. The summed E-state index contributed by atoms with van der Waals surface area (Å²) >= 11 is 0. The van der Waals surface area contributed by atoms with Crippen LogP contribution >= 0.6 is 0 Å². The summed E-state index contributed by atoms with van der Waals surface area (Å²) in [6.07, 6.45) is 4.76. The van der Waals surface area contributed by atoms with Crippen LogP contribution in [-0.2, 0) is 19.1 Å². The molecule has 1 aromatic rings. The topological polar surface area (TPSA) is 73.6 Å². The van der Waals surface area contributed by atoms with E-state index < -0.39 is 17.3 Å². The quantitative estimate of drug-likeness (QED) is 0.486. The van der Waals surface area contributed by atoms with Gasteiger partial charge in [-0.15, -0.1) is 0 Å². The first kappa shape index (κ1) is 16.2. The smallest absolute Gasteiger partial charge is 0.309 e. The molecule has 1 fully saturated rings. The minimum atomic E-state index is -0.789. The fraction of sp³-hybridized carbons (Fsp3) is 0.471. The molecule has 0 N–H and O–H groups in total. The van der Waals surface area contributed by atoms with E-state index >= 15 is 0 Å². The number of ketones is 2. The summed E-state index contributed by atoms with van der Waals surface area (Å²) < 4.78 is 9.92. The molecule has 2 unspecified atom stereocenters. The van der Waals surface area contributed by atoms with Crippen LogP contribution in [-0.4, -0.2) is 24.6 Å². The number of hydrogen-bond donors (Lipinski definition) is 0. The first-order valence-electron chi connectivity index (χ1n) is 7.21. The minimum Gasteiger partial charge on any atom is -0.469 e. The number of ether oxygens (including phenoxy) is 1. The molecule has 2 atom stereocenters.